The third-order valence-corrected chi connectivity index (χ3v) is 4.88. The van der Waals surface area contributed by atoms with E-state index in [0.717, 1.165) is 38.1 Å². The highest BCUT2D eigenvalue weighted by Gasteiger charge is 2.31. The number of hydrogen-bond donors (Lipinski definition) is 2. The van der Waals surface area contributed by atoms with Crippen molar-refractivity contribution >= 4 is 17.5 Å². The van der Waals surface area contributed by atoms with Crippen LogP contribution in [0.4, 0.5) is 18.9 Å². The number of amides is 2. The number of anilines is 1. The molecule has 1 aliphatic heterocycles. The maximum atomic E-state index is 12.3. The summed E-state index contributed by atoms with van der Waals surface area (Å²) in [7, 11) is 0. The van der Waals surface area contributed by atoms with E-state index in [9.17, 15) is 22.8 Å². The second kappa shape index (κ2) is 8.81. The first-order chi connectivity index (χ1) is 13.3. The number of ether oxygens (including phenoxy) is 1. The van der Waals surface area contributed by atoms with E-state index < -0.39 is 6.36 Å². The van der Waals surface area contributed by atoms with Crippen molar-refractivity contribution in [2.24, 2.45) is 11.8 Å². The van der Waals surface area contributed by atoms with Crippen molar-refractivity contribution in [3.63, 3.8) is 0 Å². The molecule has 0 aromatic heterocycles. The second-order valence-electron chi connectivity index (χ2n) is 7.38. The first-order valence-corrected chi connectivity index (χ1v) is 9.44. The molecular weight excluding hydrogens is 375 g/mol. The zero-order valence-corrected chi connectivity index (χ0v) is 15.4. The number of halogens is 3. The van der Waals surface area contributed by atoms with Crippen molar-refractivity contribution < 1.29 is 27.5 Å². The molecule has 154 valence electrons. The van der Waals surface area contributed by atoms with Gasteiger partial charge in [-0.25, -0.2) is 0 Å². The highest BCUT2D eigenvalue weighted by Crippen LogP contribution is 2.28. The van der Waals surface area contributed by atoms with Gasteiger partial charge in [-0.2, -0.15) is 0 Å². The Hall–Kier alpha value is -2.29. The van der Waals surface area contributed by atoms with Crippen LogP contribution in [0, 0.1) is 11.8 Å². The molecule has 0 spiro atoms. The lowest BCUT2D eigenvalue weighted by atomic mass is 9.97. The monoisotopic (exact) mass is 399 g/mol. The van der Waals surface area contributed by atoms with Crippen LogP contribution in [0.25, 0.3) is 0 Å². The second-order valence-corrected chi connectivity index (χ2v) is 7.38. The van der Waals surface area contributed by atoms with Crippen LogP contribution < -0.4 is 15.4 Å². The minimum Gasteiger partial charge on any atom is -0.406 e. The van der Waals surface area contributed by atoms with Crippen LogP contribution in [-0.4, -0.2) is 49.3 Å². The van der Waals surface area contributed by atoms with Gasteiger partial charge in [0.1, 0.15) is 5.75 Å². The Morgan fingerprint density at radius 2 is 1.86 bits per heavy atom. The number of piperidine rings is 1. The van der Waals surface area contributed by atoms with E-state index in [-0.39, 0.29) is 30.0 Å². The van der Waals surface area contributed by atoms with Gasteiger partial charge in [0, 0.05) is 18.8 Å². The van der Waals surface area contributed by atoms with Gasteiger partial charge in [0.15, 0.2) is 0 Å². The molecule has 1 atom stereocenters. The normalized spacial score (nSPS) is 20.5. The molecule has 6 nitrogen and oxygen atoms in total. The number of benzene rings is 1. The van der Waals surface area contributed by atoms with E-state index >= 15 is 0 Å². The lowest BCUT2D eigenvalue weighted by molar-refractivity contribution is -0.274. The van der Waals surface area contributed by atoms with Crippen LogP contribution in [0.5, 0.6) is 5.75 Å². The summed E-state index contributed by atoms with van der Waals surface area (Å²) in [5.41, 5.74) is 0.385. The van der Waals surface area contributed by atoms with Crippen molar-refractivity contribution in [3.8, 4) is 5.75 Å². The molecule has 1 heterocycles. The molecule has 1 aliphatic carbocycles. The van der Waals surface area contributed by atoms with Crippen molar-refractivity contribution in [2.75, 3.05) is 31.5 Å². The van der Waals surface area contributed by atoms with Crippen molar-refractivity contribution in [2.45, 2.75) is 32.0 Å². The summed E-state index contributed by atoms with van der Waals surface area (Å²) >= 11 is 0. The SMILES string of the molecule is O=C(CN1CCCC(C(=O)NCC2CC2)C1)Nc1ccc(OC(F)(F)F)cc1. The molecule has 2 N–H and O–H groups in total. The fourth-order valence-corrected chi connectivity index (χ4v) is 3.27. The largest absolute Gasteiger partial charge is 0.573 e. The van der Waals surface area contributed by atoms with Crippen molar-refractivity contribution in [1.82, 2.24) is 10.2 Å². The summed E-state index contributed by atoms with van der Waals surface area (Å²) in [6.45, 7) is 2.14. The Labute approximate surface area is 161 Å². The predicted octanol–water partition coefficient (Wildman–Crippen LogP) is 2.76. The molecule has 28 heavy (non-hydrogen) atoms. The van der Waals surface area contributed by atoms with Crippen molar-refractivity contribution in [1.29, 1.82) is 0 Å². The number of nitrogens with zero attached hydrogens (tertiary/aromatic N) is 1. The Morgan fingerprint density at radius 1 is 1.14 bits per heavy atom. The fraction of sp³-hybridized carbons (Fsp3) is 0.579. The predicted molar refractivity (Wildman–Crippen MR) is 96.7 cm³/mol. The fourth-order valence-electron chi connectivity index (χ4n) is 3.27. The zero-order chi connectivity index (χ0) is 20.1. The molecule has 2 fully saturated rings. The van der Waals surface area contributed by atoms with Crippen molar-refractivity contribution in [3.05, 3.63) is 24.3 Å². The standard InChI is InChI=1S/C19H24F3N3O3/c20-19(21,22)28-16-7-5-15(6-8-16)24-17(26)12-25-9-1-2-14(11-25)18(27)23-10-13-3-4-13/h5-8,13-14H,1-4,9-12H2,(H,23,27)(H,24,26). The van der Waals surface area contributed by atoms with Gasteiger partial charge in [-0.05, 0) is 62.4 Å². The number of hydrogen-bond acceptors (Lipinski definition) is 4. The molecule has 1 saturated carbocycles. The Kier molecular flexibility index (Phi) is 6.43. The summed E-state index contributed by atoms with van der Waals surface area (Å²) in [5.74, 6) is -0.0520. The number of alkyl halides is 3. The van der Waals surface area contributed by atoms with Gasteiger partial charge in [0.25, 0.3) is 0 Å². The van der Waals surface area contributed by atoms with Crippen LogP contribution in [-0.2, 0) is 9.59 Å². The number of nitrogens with one attached hydrogen (secondary N) is 2. The van der Waals surface area contributed by atoms with E-state index in [4.69, 9.17) is 0 Å². The smallest absolute Gasteiger partial charge is 0.406 e. The third kappa shape index (κ3) is 6.70. The van der Waals surface area contributed by atoms with E-state index in [1.807, 2.05) is 4.90 Å². The first kappa shape index (κ1) is 20.4. The van der Waals surface area contributed by atoms with Gasteiger partial charge in [-0.1, -0.05) is 0 Å². The lowest BCUT2D eigenvalue weighted by Gasteiger charge is -2.31. The Bertz CT molecular complexity index is 690. The summed E-state index contributed by atoms with van der Waals surface area (Å²) in [6.07, 6.45) is -0.727. The van der Waals surface area contributed by atoms with Crippen LogP contribution in [0.2, 0.25) is 0 Å². The molecule has 1 aromatic rings. The first-order valence-electron chi connectivity index (χ1n) is 9.44. The Balaban J connectivity index is 1.44. The molecule has 1 aromatic carbocycles. The lowest BCUT2D eigenvalue weighted by Crippen LogP contribution is -2.45. The minimum atomic E-state index is -4.75. The molecule has 2 aliphatic rings. The summed E-state index contributed by atoms with van der Waals surface area (Å²) in [6, 6.07) is 4.99. The number of likely N-dealkylation sites (tertiary alicyclic amines) is 1. The number of rotatable bonds is 7. The highest BCUT2D eigenvalue weighted by atomic mass is 19.4. The molecule has 2 amide bonds. The topological polar surface area (TPSA) is 70.7 Å². The summed E-state index contributed by atoms with van der Waals surface area (Å²) < 4.78 is 40.3. The Morgan fingerprint density at radius 3 is 2.50 bits per heavy atom. The molecule has 9 heteroatoms. The van der Waals surface area contributed by atoms with Crippen LogP contribution in [0.15, 0.2) is 24.3 Å². The highest BCUT2D eigenvalue weighted by molar-refractivity contribution is 5.92. The van der Waals surface area contributed by atoms with Gasteiger partial charge in [-0.3, -0.25) is 14.5 Å². The zero-order valence-electron chi connectivity index (χ0n) is 15.4. The maximum Gasteiger partial charge on any atom is 0.573 e. The van der Waals surface area contributed by atoms with E-state index in [2.05, 4.69) is 15.4 Å². The van der Waals surface area contributed by atoms with Crippen LogP contribution in [0.3, 0.4) is 0 Å². The quantitative estimate of drug-likeness (QED) is 0.740. The van der Waals surface area contributed by atoms with Crippen LogP contribution in [0.1, 0.15) is 25.7 Å². The molecule has 3 rings (SSSR count). The number of carbonyl (C=O) groups excluding carboxylic acids is 2. The molecule has 1 saturated heterocycles. The minimum absolute atomic E-state index is 0.0530. The molecule has 0 radical (unpaired) electrons. The summed E-state index contributed by atoms with van der Waals surface area (Å²) in [5, 5.41) is 5.65. The van der Waals surface area contributed by atoms with Gasteiger partial charge in [-0.15, -0.1) is 13.2 Å². The average Bonchev–Trinajstić information content (AvgIpc) is 3.45. The molecule has 0 bridgehead atoms. The van der Waals surface area contributed by atoms with Gasteiger partial charge in [0.05, 0.1) is 12.5 Å². The van der Waals surface area contributed by atoms with Gasteiger partial charge >= 0.3 is 6.36 Å². The molecule has 1 unspecified atom stereocenters. The van der Waals surface area contributed by atoms with E-state index in [0.29, 0.717) is 18.2 Å². The van der Waals surface area contributed by atoms with E-state index in [1.54, 1.807) is 0 Å². The average molecular weight is 399 g/mol. The van der Waals surface area contributed by atoms with Gasteiger partial charge in [0.2, 0.25) is 11.8 Å². The third-order valence-electron chi connectivity index (χ3n) is 4.88. The maximum absolute atomic E-state index is 12.3. The van der Waals surface area contributed by atoms with Gasteiger partial charge < -0.3 is 15.4 Å². The van der Waals surface area contributed by atoms with E-state index in [1.165, 1.54) is 25.0 Å². The summed E-state index contributed by atoms with van der Waals surface area (Å²) in [4.78, 5) is 26.4. The van der Waals surface area contributed by atoms with Crippen LogP contribution >= 0.6 is 0 Å². The molecular formula is C19H24F3N3O3. The number of carbonyl (C=O) groups is 2.